The van der Waals surface area contributed by atoms with Crippen LogP contribution in [0.5, 0.6) is 0 Å². The molecule has 2 aromatic rings. The largest absolute Gasteiger partial charge is 0.368 e. The fourth-order valence-electron chi connectivity index (χ4n) is 3.41. The number of hydrogen-bond acceptors (Lipinski definition) is 4. The highest BCUT2D eigenvalue weighted by Gasteiger charge is 2.27. The summed E-state index contributed by atoms with van der Waals surface area (Å²) in [6, 6.07) is 10.5. The number of amides is 1. The molecule has 1 fully saturated rings. The average Bonchev–Trinajstić information content (AvgIpc) is 2.69. The molecule has 2 heterocycles. The van der Waals surface area contributed by atoms with Gasteiger partial charge in [0.1, 0.15) is 11.6 Å². The number of nitrogens with one attached hydrogen (secondary N) is 1. The van der Waals surface area contributed by atoms with E-state index in [0.29, 0.717) is 36.1 Å². The number of aromatic nitrogens is 2. The summed E-state index contributed by atoms with van der Waals surface area (Å²) in [7, 11) is 0. The minimum atomic E-state index is -0.201. The minimum Gasteiger partial charge on any atom is -0.368 e. The van der Waals surface area contributed by atoms with Gasteiger partial charge in [-0.1, -0.05) is 25.1 Å². The predicted molar refractivity (Wildman–Crippen MR) is 99.6 cm³/mol. The number of hydrogen-bond donors (Lipinski definition) is 1. The van der Waals surface area contributed by atoms with Crippen LogP contribution in [0.3, 0.4) is 0 Å². The Hall–Kier alpha value is -2.50. The monoisotopic (exact) mass is 356 g/mol. The first-order chi connectivity index (χ1) is 12.7. The molecule has 0 saturated carbocycles. The maximum Gasteiger partial charge on any atom is 0.274 e. The van der Waals surface area contributed by atoms with E-state index in [1.807, 2.05) is 11.0 Å². The Morgan fingerprint density at radius 2 is 2.08 bits per heavy atom. The topological polar surface area (TPSA) is 58.1 Å². The van der Waals surface area contributed by atoms with Crippen LogP contribution in [-0.4, -0.2) is 40.1 Å². The maximum absolute atomic E-state index is 13.6. The molecular formula is C20H25FN4O. The van der Waals surface area contributed by atoms with E-state index >= 15 is 0 Å². The lowest BCUT2D eigenvalue weighted by Crippen LogP contribution is -2.43. The zero-order valence-electron chi connectivity index (χ0n) is 15.1. The number of anilines is 1. The predicted octanol–water partition coefficient (Wildman–Crippen LogP) is 3.68. The molecule has 0 radical (unpaired) electrons. The van der Waals surface area contributed by atoms with Gasteiger partial charge in [0.05, 0.1) is 0 Å². The summed E-state index contributed by atoms with van der Waals surface area (Å²) in [6.45, 7) is 3.46. The van der Waals surface area contributed by atoms with Crippen molar-refractivity contribution >= 4 is 11.7 Å². The van der Waals surface area contributed by atoms with Gasteiger partial charge >= 0.3 is 0 Å². The molecule has 1 unspecified atom stereocenters. The third-order valence-corrected chi connectivity index (χ3v) is 4.90. The number of carbonyl (C=O) groups excluding carboxylic acids is 1. The molecule has 1 atom stereocenters. The lowest BCUT2D eigenvalue weighted by atomic mass is 9.99. The van der Waals surface area contributed by atoms with Crippen LogP contribution >= 0.6 is 0 Å². The molecule has 1 aromatic heterocycles. The third kappa shape index (κ3) is 4.36. The van der Waals surface area contributed by atoms with Crippen LogP contribution in [0.2, 0.25) is 0 Å². The van der Waals surface area contributed by atoms with Gasteiger partial charge in [-0.3, -0.25) is 4.79 Å². The van der Waals surface area contributed by atoms with Gasteiger partial charge in [0.2, 0.25) is 0 Å². The Kier molecular flexibility index (Phi) is 6.15. The molecule has 1 saturated heterocycles. The molecule has 0 aliphatic carbocycles. The molecule has 0 spiro atoms. The van der Waals surface area contributed by atoms with Crippen molar-refractivity contribution in [2.45, 2.75) is 45.1 Å². The van der Waals surface area contributed by atoms with Crippen molar-refractivity contribution in [2.75, 3.05) is 18.4 Å². The van der Waals surface area contributed by atoms with Gasteiger partial charge in [0.15, 0.2) is 5.69 Å². The molecule has 1 aromatic carbocycles. The van der Waals surface area contributed by atoms with Crippen LogP contribution < -0.4 is 5.32 Å². The summed E-state index contributed by atoms with van der Waals surface area (Å²) in [5.41, 5.74) is 1.04. The molecule has 138 valence electrons. The van der Waals surface area contributed by atoms with Crippen molar-refractivity contribution in [3.05, 3.63) is 53.5 Å². The van der Waals surface area contributed by atoms with Crippen LogP contribution in [0.4, 0.5) is 10.2 Å². The summed E-state index contributed by atoms with van der Waals surface area (Å²) >= 11 is 0. The second-order valence-corrected chi connectivity index (χ2v) is 6.63. The zero-order valence-corrected chi connectivity index (χ0v) is 15.1. The fourth-order valence-corrected chi connectivity index (χ4v) is 3.41. The highest BCUT2D eigenvalue weighted by atomic mass is 19.1. The van der Waals surface area contributed by atoms with Gasteiger partial charge in [-0.2, -0.15) is 0 Å². The van der Waals surface area contributed by atoms with E-state index in [2.05, 4.69) is 22.4 Å². The van der Waals surface area contributed by atoms with Crippen molar-refractivity contribution in [3.8, 4) is 0 Å². The number of carbonyl (C=O) groups is 1. The normalized spacial score (nSPS) is 17.2. The number of nitrogens with zero attached hydrogens (tertiary/aromatic N) is 3. The number of likely N-dealkylation sites (tertiary alicyclic amines) is 1. The van der Waals surface area contributed by atoms with Crippen LogP contribution in [0.25, 0.3) is 0 Å². The van der Waals surface area contributed by atoms with Gasteiger partial charge in [-0.05, 0) is 55.9 Å². The smallest absolute Gasteiger partial charge is 0.274 e. The van der Waals surface area contributed by atoms with Crippen LogP contribution in [0, 0.1) is 5.82 Å². The van der Waals surface area contributed by atoms with Crippen molar-refractivity contribution < 1.29 is 9.18 Å². The van der Waals surface area contributed by atoms with E-state index in [9.17, 15) is 9.18 Å². The van der Waals surface area contributed by atoms with E-state index in [1.54, 1.807) is 24.3 Å². The summed E-state index contributed by atoms with van der Waals surface area (Å²) in [6.07, 6.45) is 4.81. The van der Waals surface area contributed by atoms with Gasteiger partial charge in [-0.15, -0.1) is 10.2 Å². The molecular weight excluding hydrogens is 331 g/mol. The fraction of sp³-hybridized carbons (Fsp3) is 0.450. The number of halogens is 1. The van der Waals surface area contributed by atoms with Crippen LogP contribution in [-0.2, 0) is 6.42 Å². The van der Waals surface area contributed by atoms with Crippen LogP contribution in [0.1, 0.15) is 48.7 Å². The molecule has 5 nitrogen and oxygen atoms in total. The average molecular weight is 356 g/mol. The standard InChI is InChI=1S/C20H25FN4O/c1-2-16-8-5-6-14-25(16)20(26)18-10-11-19(24-23-18)22-13-12-15-7-3-4-9-17(15)21/h3-4,7,9-11,16H,2,5-6,8,12-14H2,1H3,(H,22,24). The SMILES string of the molecule is CCC1CCCCN1C(=O)c1ccc(NCCc2ccccc2F)nn1. The van der Waals surface area contributed by atoms with Crippen LogP contribution in [0.15, 0.2) is 36.4 Å². The van der Waals surface area contributed by atoms with Crippen molar-refractivity contribution in [3.63, 3.8) is 0 Å². The Labute approximate surface area is 153 Å². The van der Waals surface area contributed by atoms with E-state index in [-0.39, 0.29) is 11.7 Å². The highest BCUT2D eigenvalue weighted by molar-refractivity contribution is 5.92. The van der Waals surface area contributed by atoms with Crippen molar-refractivity contribution in [2.24, 2.45) is 0 Å². The lowest BCUT2D eigenvalue weighted by molar-refractivity contribution is 0.0601. The van der Waals surface area contributed by atoms with Gasteiger partial charge in [-0.25, -0.2) is 4.39 Å². The molecule has 3 rings (SSSR count). The molecule has 1 amide bonds. The number of piperidine rings is 1. The van der Waals surface area contributed by atoms with E-state index in [0.717, 1.165) is 25.8 Å². The Bertz CT molecular complexity index is 735. The quantitative estimate of drug-likeness (QED) is 0.858. The summed E-state index contributed by atoms with van der Waals surface area (Å²) < 4.78 is 13.6. The number of benzene rings is 1. The maximum atomic E-state index is 13.6. The zero-order chi connectivity index (χ0) is 18.4. The Balaban J connectivity index is 1.56. The Morgan fingerprint density at radius 3 is 2.81 bits per heavy atom. The first-order valence-electron chi connectivity index (χ1n) is 9.31. The first-order valence-corrected chi connectivity index (χ1v) is 9.31. The second kappa shape index (κ2) is 8.74. The molecule has 26 heavy (non-hydrogen) atoms. The van der Waals surface area contributed by atoms with E-state index < -0.39 is 0 Å². The van der Waals surface area contributed by atoms with Gasteiger partial charge in [0, 0.05) is 19.1 Å². The van der Waals surface area contributed by atoms with E-state index in [1.165, 1.54) is 12.5 Å². The van der Waals surface area contributed by atoms with Crippen molar-refractivity contribution in [1.82, 2.24) is 15.1 Å². The Morgan fingerprint density at radius 1 is 1.23 bits per heavy atom. The first kappa shape index (κ1) is 18.3. The lowest BCUT2D eigenvalue weighted by Gasteiger charge is -2.34. The third-order valence-electron chi connectivity index (χ3n) is 4.90. The molecule has 0 bridgehead atoms. The van der Waals surface area contributed by atoms with Gasteiger partial charge < -0.3 is 10.2 Å². The highest BCUT2D eigenvalue weighted by Crippen LogP contribution is 2.21. The molecule has 1 aliphatic rings. The molecule has 1 aliphatic heterocycles. The molecule has 1 N–H and O–H groups in total. The van der Waals surface area contributed by atoms with E-state index in [4.69, 9.17) is 0 Å². The van der Waals surface area contributed by atoms with Gasteiger partial charge in [0.25, 0.3) is 5.91 Å². The van der Waals surface area contributed by atoms with Crippen molar-refractivity contribution in [1.29, 1.82) is 0 Å². The second-order valence-electron chi connectivity index (χ2n) is 6.63. The summed E-state index contributed by atoms with van der Waals surface area (Å²) in [4.78, 5) is 14.6. The minimum absolute atomic E-state index is 0.0399. The molecule has 6 heteroatoms. The summed E-state index contributed by atoms with van der Waals surface area (Å²) in [5.74, 6) is 0.346. The number of rotatable bonds is 6. The summed E-state index contributed by atoms with van der Waals surface area (Å²) in [5, 5.41) is 11.3.